The van der Waals surface area contributed by atoms with Crippen molar-refractivity contribution in [1.29, 1.82) is 0 Å². The molecular weight excluding hydrogens is 308 g/mol. The van der Waals surface area contributed by atoms with Gasteiger partial charge in [0.1, 0.15) is 4.99 Å². The average Bonchev–Trinajstić information content (AvgIpc) is 2.91. The molecule has 0 atom stereocenters. The van der Waals surface area contributed by atoms with Crippen LogP contribution in [0, 0.1) is 0 Å². The van der Waals surface area contributed by atoms with E-state index in [9.17, 15) is 8.42 Å². The Morgan fingerprint density at radius 3 is 2.52 bits per heavy atom. The van der Waals surface area contributed by atoms with Crippen molar-refractivity contribution in [2.24, 2.45) is 5.73 Å². The number of sulfonamides is 1. The van der Waals surface area contributed by atoms with Crippen LogP contribution >= 0.6 is 12.2 Å². The lowest BCUT2D eigenvalue weighted by atomic mass is 10.1. The summed E-state index contributed by atoms with van der Waals surface area (Å²) < 4.78 is 25.9. The Morgan fingerprint density at radius 1 is 1.33 bits per heavy atom. The number of benzene rings is 1. The zero-order chi connectivity index (χ0) is 15.5. The number of nitrogens with zero attached hydrogens (tertiary/aromatic N) is 2. The minimum Gasteiger partial charge on any atom is -0.389 e. The Labute approximate surface area is 129 Å². The SMILES string of the molecule is CN(Cc1cn[nH]c1)S(=O)(=O)Cc1ccc(C(N)=S)cc1. The fourth-order valence-corrected chi connectivity index (χ4v) is 3.12. The molecule has 1 aromatic carbocycles. The van der Waals surface area contributed by atoms with Gasteiger partial charge in [-0.2, -0.15) is 5.10 Å². The van der Waals surface area contributed by atoms with Gasteiger partial charge in [-0.3, -0.25) is 5.10 Å². The average molecular weight is 324 g/mol. The molecule has 0 amide bonds. The number of rotatable bonds is 6. The fraction of sp³-hybridized carbons (Fsp3) is 0.231. The summed E-state index contributed by atoms with van der Waals surface area (Å²) in [6.45, 7) is 0.282. The maximum absolute atomic E-state index is 12.3. The molecule has 0 bridgehead atoms. The molecule has 0 saturated heterocycles. The molecule has 21 heavy (non-hydrogen) atoms. The molecule has 1 heterocycles. The summed E-state index contributed by atoms with van der Waals surface area (Å²) in [5.41, 5.74) is 7.73. The van der Waals surface area contributed by atoms with E-state index in [0.29, 0.717) is 10.6 Å². The fourth-order valence-electron chi connectivity index (χ4n) is 1.81. The molecule has 2 rings (SSSR count). The predicted molar refractivity (Wildman–Crippen MR) is 85.0 cm³/mol. The van der Waals surface area contributed by atoms with Gasteiger partial charge in [-0.1, -0.05) is 36.5 Å². The first-order chi connectivity index (χ1) is 9.88. The van der Waals surface area contributed by atoms with Gasteiger partial charge < -0.3 is 5.73 Å². The van der Waals surface area contributed by atoms with E-state index in [4.69, 9.17) is 18.0 Å². The van der Waals surface area contributed by atoms with Crippen molar-refractivity contribution < 1.29 is 8.42 Å². The molecular formula is C13H16N4O2S2. The summed E-state index contributed by atoms with van der Waals surface area (Å²) in [5.74, 6) is -0.0705. The molecule has 0 saturated carbocycles. The van der Waals surface area contributed by atoms with Gasteiger partial charge in [0.2, 0.25) is 10.0 Å². The van der Waals surface area contributed by atoms with Crippen molar-refractivity contribution >= 4 is 27.2 Å². The van der Waals surface area contributed by atoms with E-state index in [-0.39, 0.29) is 12.3 Å². The zero-order valence-electron chi connectivity index (χ0n) is 11.5. The predicted octanol–water partition coefficient (Wildman–Crippen LogP) is 1.01. The first kappa shape index (κ1) is 15.6. The topological polar surface area (TPSA) is 92.1 Å². The summed E-state index contributed by atoms with van der Waals surface area (Å²) in [7, 11) is -1.85. The summed E-state index contributed by atoms with van der Waals surface area (Å²) in [4.78, 5) is 0.293. The zero-order valence-corrected chi connectivity index (χ0v) is 13.1. The minimum atomic E-state index is -3.39. The van der Waals surface area contributed by atoms with Crippen molar-refractivity contribution in [3.05, 3.63) is 53.3 Å². The second-order valence-electron chi connectivity index (χ2n) is 4.68. The highest BCUT2D eigenvalue weighted by atomic mass is 32.2. The number of hydrogen-bond acceptors (Lipinski definition) is 4. The van der Waals surface area contributed by atoms with Crippen LogP contribution in [0.2, 0.25) is 0 Å². The third-order valence-electron chi connectivity index (χ3n) is 3.02. The summed E-state index contributed by atoms with van der Waals surface area (Å²) >= 11 is 4.86. The van der Waals surface area contributed by atoms with Crippen molar-refractivity contribution in [1.82, 2.24) is 14.5 Å². The molecule has 0 aliphatic rings. The van der Waals surface area contributed by atoms with Crippen LogP contribution in [0.3, 0.4) is 0 Å². The van der Waals surface area contributed by atoms with Gasteiger partial charge in [0.05, 0.1) is 11.9 Å². The first-order valence-electron chi connectivity index (χ1n) is 6.19. The Morgan fingerprint density at radius 2 is 2.00 bits per heavy atom. The Kier molecular flexibility index (Phi) is 4.71. The summed E-state index contributed by atoms with van der Waals surface area (Å²) in [5, 5.41) is 6.45. The molecule has 0 aliphatic carbocycles. The molecule has 8 heteroatoms. The molecule has 2 aromatic rings. The van der Waals surface area contributed by atoms with Gasteiger partial charge in [0, 0.05) is 30.9 Å². The minimum absolute atomic E-state index is 0.0705. The number of H-pyrrole nitrogens is 1. The first-order valence-corrected chi connectivity index (χ1v) is 8.20. The van der Waals surface area contributed by atoms with E-state index in [1.807, 2.05) is 0 Å². The van der Waals surface area contributed by atoms with Gasteiger partial charge in [-0.15, -0.1) is 0 Å². The molecule has 0 spiro atoms. The number of nitrogens with two attached hydrogens (primary N) is 1. The van der Waals surface area contributed by atoms with E-state index in [2.05, 4.69) is 10.2 Å². The van der Waals surface area contributed by atoms with Gasteiger partial charge in [-0.05, 0) is 5.56 Å². The number of aromatic nitrogens is 2. The molecule has 1 aromatic heterocycles. The van der Waals surface area contributed by atoms with E-state index in [1.54, 1.807) is 43.7 Å². The maximum atomic E-state index is 12.3. The molecule has 112 valence electrons. The van der Waals surface area contributed by atoms with Crippen LogP contribution in [0.25, 0.3) is 0 Å². The van der Waals surface area contributed by atoms with Gasteiger partial charge in [0.15, 0.2) is 0 Å². The van der Waals surface area contributed by atoms with Crippen LogP contribution < -0.4 is 5.73 Å². The van der Waals surface area contributed by atoms with Gasteiger partial charge in [-0.25, -0.2) is 12.7 Å². The summed E-state index contributed by atoms with van der Waals surface area (Å²) in [6.07, 6.45) is 3.27. The number of nitrogens with one attached hydrogen (secondary N) is 1. The Bertz CT molecular complexity index is 709. The molecule has 0 aliphatic heterocycles. The highest BCUT2D eigenvalue weighted by Crippen LogP contribution is 2.13. The standard InChI is InChI=1S/C13H16N4O2S2/c1-17(8-11-6-15-16-7-11)21(18,19)9-10-2-4-12(5-3-10)13(14)20/h2-7H,8-9H2,1H3,(H2,14,20)(H,15,16). The van der Waals surface area contributed by atoms with E-state index in [0.717, 1.165) is 11.1 Å². The van der Waals surface area contributed by atoms with Crippen LogP contribution in [0.5, 0.6) is 0 Å². The smallest absolute Gasteiger partial charge is 0.218 e. The third kappa shape index (κ3) is 4.10. The number of aromatic amines is 1. The van der Waals surface area contributed by atoms with E-state index < -0.39 is 10.0 Å². The van der Waals surface area contributed by atoms with E-state index in [1.165, 1.54) is 4.31 Å². The van der Waals surface area contributed by atoms with Crippen LogP contribution in [0.1, 0.15) is 16.7 Å². The monoisotopic (exact) mass is 324 g/mol. The Balaban J connectivity index is 2.07. The highest BCUT2D eigenvalue weighted by molar-refractivity contribution is 7.88. The molecule has 0 radical (unpaired) electrons. The van der Waals surface area contributed by atoms with Crippen LogP contribution in [0.4, 0.5) is 0 Å². The van der Waals surface area contributed by atoms with Crippen LogP contribution in [-0.2, 0) is 22.3 Å². The second-order valence-corrected chi connectivity index (χ2v) is 7.20. The van der Waals surface area contributed by atoms with Crippen molar-refractivity contribution in [3.8, 4) is 0 Å². The quantitative estimate of drug-likeness (QED) is 0.774. The lowest BCUT2D eigenvalue weighted by molar-refractivity contribution is 0.466. The van der Waals surface area contributed by atoms with Crippen LogP contribution in [0.15, 0.2) is 36.7 Å². The largest absolute Gasteiger partial charge is 0.389 e. The number of thiocarbonyl (C=S) groups is 1. The second kappa shape index (κ2) is 6.33. The van der Waals surface area contributed by atoms with Crippen molar-refractivity contribution in [2.75, 3.05) is 7.05 Å². The lowest BCUT2D eigenvalue weighted by Gasteiger charge is -2.16. The molecule has 6 nitrogen and oxygen atoms in total. The third-order valence-corrected chi connectivity index (χ3v) is 5.04. The van der Waals surface area contributed by atoms with Gasteiger partial charge in [0.25, 0.3) is 0 Å². The lowest BCUT2D eigenvalue weighted by Crippen LogP contribution is -2.27. The van der Waals surface area contributed by atoms with Gasteiger partial charge >= 0.3 is 0 Å². The summed E-state index contributed by atoms with van der Waals surface area (Å²) in [6, 6.07) is 6.89. The Hall–Kier alpha value is -1.77. The van der Waals surface area contributed by atoms with E-state index >= 15 is 0 Å². The van der Waals surface area contributed by atoms with Crippen LogP contribution in [-0.4, -0.2) is 35.0 Å². The highest BCUT2D eigenvalue weighted by Gasteiger charge is 2.19. The molecule has 0 unspecified atom stereocenters. The van der Waals surface area contributed by atoms with Crippen molar-refractivity contribution in [3.63, 3.8) is 0 Å². The maximum Gasteiger partial charge on any atom is 0.218 e. The normalized spacial score (nSPS) is 11.7. The number of hydrogen-bond donors (Lipinski definition) is 2. The van der Waals surface area contributed by atoms with Crippen molar-refractivity contribution in [2.45, 2.75) is 12.3 Å². The molecule has 0 fully saturated rings. The molecule has 3 N–H and O–H groups in total.